The fourth-order valence-electron chi connectivity index (χ4n) is 7.14. The summed E-state index contributed by atoms with van der Waals surface area (Å²) in [5, 5.41) is 29.6. The number of amides is 2. The number of hydrogen-bond donors (Lipinski definition) is 4. The first-order valence-corrected chi connectivity index (χ1v) is 14.0. The minimum absolute atomic E-state index is 0.0244. The number of aliphatic hydroxyl groups is 1. The summed E-state index contributed by atoms with van der Waals surface area (Å²) in [6.07, 6.45) is 15.0. The normalized spacial score (nSPS) is 34.1. The summed E-state index contributed by atoms with van der Waals surface area (Å²) < 4.78 is 0. The average molecular weight is 544 g/mol. The standard InChI is InChI=1S/C13H20O2.C10H14O3.C8H11NO2/c1-12(2,3)13-6-4-9(5-7-13)8-10(13)11(14)15;11-4-3-10(9(12)13)6-7-1-2-8(10)5-7;1-8(2,3)5-4-6(10)9-7(5)11/h4,6,9-10H,5,7-8H2,1-3H3,(H,14,15);1-2,7-8,11H,3-6H2,(H,12,13);4H,1-3H3,(H,9,10,11). The van der Waals surface area contributed by atoms with Gasteiger partial charge in [0.1, 0.15) is 0 Å². The van der Waals surface area contributed by atoms with Gasteiger partial charge in [0.05, 0.1) is 11.3 Å². The second-order valence-corrected chi connectivity index (χ2v) is 13.8. The number of rotatable bonds is 4. The molecule has 0 aromatic carbocycles. The van der Waals surface area contributed by atoms with Crippen molar-refractivity contribution < 1.29 is 34.5 Å². The summed E-state index contributed by atoms with van der Waals surface area (Å²) in [4.78, 5) is 44.3. The predicted octanol–water partition coefficient (Wildman–Crippen LogP) is 4.74. The lowest BCUT2D eigenvalue weighted by molar-refractivity contribution is -0.153. The molecule has 0 aromatic rings. The molecule has 2 saturated carbocycles. The molecule has 6 rings (SSSR count). The predicted molar refractivity (Wildman–Crippen MR) is 147 cm³/mol. The molecular weight excluding hydrogens is 498 g/mol. The zero-order valence-corrected chi connectivity index (χ0v) is 24.1. The van der Waals surface area contributed by atoms with E-state index < -0.39 is 17.4 Å². The van der Waals surface area contributed by atoms with E-state index in [9.17, 15) is 29.4 Å². The molecule has 39 heavy (non-hydrogen) atoms. The molecule has 216 valence electrons. The molecule has 4 bridgehead atoms. The molecule has 6 atom stereocenters. The van der Waals surface area contributed by atoms with Crippen molar-refractivity contribution in [3.8, 4) is 0 Å². The zero-order valence-electron chi connectivity index (χ0n) is 24.1. The van der Waals surface area contributed by atoms with Gasteiger partial charge in [-0.25, -0.2) is 0 Å². The van der Waals surface area contributed by atoms with Crippen molar-refractivity contribution in [3.05, 3.63) is 36.0 Å². The van der Waals surface area contributed by atoms with Crippen molar-refractivity contribution in [2.45, 2.75) is 80.1 Å². The molecule has 8 heteroatoms. The van der Waals surface area contributed by atoms with Crippen LogP contribution in [0.2, 0.25) is 0 Å². The third-order valence-electron chi connectivity index (χ3n) is 9.51. The lowest BCUT2D eigenvalue weighted by atomic mass is 9.50. The van der Waals surface area contributed by atoms with Crippen LogP contribution in [0.1, 0.15) is 80.1 Å². The van der Waals surface area contributed by atoms with E-state index in [1.807, 2.05) is 26.8 Å². The summed E-state index contributed by atoms with van der Waals surface area (Å²) in [5.41, 5.74) is -0.418. The summed E-state index contributed by atoms with van der Waals surface area (Å²) in [6.45, 7) is 12.2. The van der Waals surface area contributed by atoms with Gasteiger partial charge in [-0.15, -0.1) is 0 Å². The minimum Gasteiger partial charge on any atom is -0.481 e. The van der Waals surface area contributed by atoms with E-state index in [0.29, 0.717) is 30.3 Å². The first-order valence-electron chi connectivity index (χ1n) is 14.0. The lowest BCUT2D eigenvalue weighted by Gasteiger charge is -2.54. The van der Waals surface area contributed by atoms with Gasteiger partial charge in [0, 0.05) is 23.7 Å². The van der Waals surface area contributed by atoms with Gasteiger partial charge in [-0.3, -0.25) is 24.5 Å². The van der Waals surface area contributed by atoms with E-state index in [0.717, 1.165) is 25.7 Å². The highest BCUT2D eigenvalue weighted by molar-refractivity contribution is 6.16. The van der Waals surface area contributed by atoms with Crippen LogP contribution in [0.3, 0.4) is 0 Å². The molecule has 0 saturated heterocycles. The van der Waals surface area contributed by atoms with Gasteiger partial charge in [-0.05, 0) is 67.1 Å². The number of hydrogen-bond acceptors (Lipinski definition) is 5. The maximum absolute atomic E-state index is 11.4. The fraction of sp³-hybridized carbons (Fsp3) is 0.677. The van der Waals surface area contributed by atoms with E-state index in [1.54, 1.807) is 0 Å². The Morgan fingerprint density at radius 3 is 1.97 bits per heavy atom. The van der Waals surface area contributed by atoms with E-state index in [1.165, 1.54) is 6.08 Å². The lowest BCUT2D eigenvalue weighted by Crippen LogP contribution is -2.50. The number of carboxylic acids is 2. The Morgan fingerprint density at radius 1 is 1.00 bits per heavy atom. The van der Waals surface area contributed by atoms with Crippen LogP contribution < -0.4 is 5.32 Å². The molecular formula is C31H45NO7. The molecule has 2 amide bonds. The Bertz CT molecular complexity index is 1090. The molecule has 6 unspecified atom stereocenters. The number of fused-ring (bicyclic) bond motifs is 4. The highest BCUT2D eigenvalue weighted by Gasteiger charge is 2.54. The third-order valence-corrected chi connectivity index (χ3v) is 9.51. The molecule has 6 aliphatic rings. The molecule has 8 nitrogen and oxygen atoms in total. The van der Waals surface area contributed by atoms with Crippen molar-refractivity contribution >= 4 is 23.8 Å². The Morgan fingerprint density at radius 2 is 1.67 bits per heavy atom. The molecule has 1 aliphatic heterocycles. The molecule has 4 N–H and O–H groups in total. The molecule has 2 fully saturated rings. The van der Waals surface area contributed by atoms with Gasteiger partial charge in [0.25, 0.3) is 11.8 Å². The number of carbonyl (C=O) groups excluding carboxylic acids is 2. The highest BCUT2D eigenvalue weighted by atomic mass is 16.4. The van der Waals surface area contributed by atoms with Gasteiger partial charge < -0.3 is 15.3 Å². The number of nitrogens with one attached hydrogen (secondary N) is 1. The van der Waals surface area contributed by atoms with Crippen molar-refractivity contribution in [1.29, 1.82) is 0 Å². The Labute approximate surface area is 231 Å². The first-order chi connectivity index (χ1) is 18.0. The summed E-state index contributed by atoms with van der Waals surface area (Å²) >= 11 is 0. The van der Waals surface area contributed by atoms with E-state index in [4.69, 9.17) is 5.11 Å². The van der Waals surface area contributed by atoms with Crippen LogP contribution in [0, 0.1) is 45.3 Å². The quantitative estimate of drug-likeness (QED) is 0.296. The van der Waals surface area contributed by atoms with Gasteiger partial charge in [-0.2, -0.15) is 0 Å². The van der Waals surface area contributed by atoms with Crippen LogP contribution in [-0.2, 0) is 19.2 Å². The summed E-state index contributed by atoms with van der Waals surface area (Å²) in [5.74, 6) is -0.994. The molecule has 5 aliphatic carbocycles. The van der Waals surface area contributed by atoms with Crippen molar-refractivity contribution in [3.63, 3.8) is 0 Å². The first kappa shape index (κ1) is 30.8. The Balaban J connectivity index is 0.000000164. The topological polar surface area (TPSA) is 141 Å². The molecule has 0 aromatic heterocycles. The fourth-order valence-corrected chi connectivity index (χ4v) is 7.14. The number of allylic oxidation sites excluding steroid dienone is 4. The number of aliphatic carboxylic acids is 2. The van der Waals surface area contributed by atoms with E-state index in [-0.39, 0.29) is 46.5 Å². The Hall–Kier alpha value is -2.74. The molecule has 1 heterocycles. The second kappa shape index (κ2) is 11.0. The minimum atomic E-state index is -0.738. The maximum atomic E-state index is 11.4. The molecule has 0 radical (unpaired) electrons. The largest absolute Gasteiger partial charge is 0.481 e. The van der Waals surface area contributed by atoms with Gasteiger partial charge in [0.15, 0.2) is 0 Å². The highest BCUT2D eigenvalue weighted by Crippen LogP contribution is 2.58. The molecule has 0 spiro atoms. The number of carbonyl (C=O) groups is 4. The smallest absolute Gasteiger partial charge is 0.310 e. The SMILES string of the molecule is CC(C)(C)C12C=CC(CC1)CC2C(=O)O.CC(C)(C)C1=CC(=O)NC1=O.O=C(O)C1(CCO)CC2C=CC1C2. The van der Waals surface area contributed by atoms with Crippen molar-refractivity contribution in [2.24, 2.45) is 45.3 Å². The van der Waals surface area contributed by atoms with Crippen LogP contribution in [0.25, 0.3) is 0 Å². The Kier molecular flexibility index (Phi) is 8.71. The number of carboxylic acid groups (broad SMARTS) is 2. The van der Waals surface area contributed by atoms with Crippen LogP contribution in [-0.4, -0.2) is 45.7 Å². The van der Waals surface area contributed by atoms with Crippen molar-refractivity contribution in [1.82, 2.24) is 5.32 Å². The van der Waals surface area contributed by atoms with Gasteiger partial charge in [0.2, 0.25) is 0 Å². The van der Waals surface area contributed by atoms with Crippen molar-refractivity contribution in [2.75, 3.05) is 6.61 Å². The number of imide groups is 1. The van der Waals surface area contributed by atoms with Crippen LogP contribution in [0.5, 0.6) is 0 Å². The average Bonchev–Trinajstić information content (AvgIpc) is 3.54. The van der Waals surface area contributed by atoms with Crippen LogP contribution in [0.15, 0.2) is 36.0 Å². The van der Waals surface area contributed by atoms with Crippen LogP contribution in [0.4, 0.5) is 0 Å². The maximum Gasteiger partial charge on any atom is 0.310 e. The van der Waals surface area contributed by atoms with E-state index >= 15 is 0 Å². The zero-order chi connectivity index (χ0) is 29.4. The van der Waals surface area contributed by atoms with Crippen LogP contribution >= 0.6 is 0 Å². The summed E-state index contributed by atoms with van der Waals surface area (Å²) in [7, 11) is 0. The van der Waals surface area contributed by atoms with Gasteiger partial charge in [-0.1, -0.05) is 65.8 Å². The second-order valence-electron chi connectivity index (χ2n) is 13.8. The van der Waals surface area contributed by atoms with Gasteiger partial charge >= 0.3 is 11.9 Å². The number of aliphatic hydroxyl groups excluding tert-OH is 1. The van der Waals surface area contributed by atoms with E-state index in [2.05, 4.69) is 44.3 Å². The monoisotopic (exact) mass is 543 g/mol. The third kappa shape index (κ3) is 6.06. The summed E-state index contributed by atoms with van der Waals surface area (Å²) in [6, 6.07) is 0.